The van der Waals surface area contributed by atoms with Gasteiger partial charge in [0.15, 0.2) is 0 Å². The Labute approximate surface area is 128 Å². The molecular formula is C15H11F3N2O3. The summed E-state index contributed by atoms with van der Waals surface area (Å²) in [6.07, 6.45) is -4.51. The number of benzene rings is 2. The number of hydrogen-bond donors (Lipinski definition) is 1. The van der Waals surface area contributed by atoms with E-state index in [9.17, 15) is 28.1 Å². The first kappa shape index (κ1) is 16.5. The highest BCUT2D eigenvalue weighted by atomic mass is 19.4. The van der Waals surface area contributed by atoms with Crippen LogP contribution >= 0.6 is 0 Å². The second-order valence-electron chi connectivity index (χ2n) is 4.64. The molecule has 0 unspecified atom stereocenters. The van der Waals surface area contributed by atoms with Crippen molar-refractivity contribution in [3.05, 3.63) is 75.3 Å². The largest absolute Gasteiger partial charge is 0.416 e. The first-order chi connectivity index (χ1) is 10.8. The molecule has 0 saturated heterocycles. The fraction of sp³-hybridized carbons (Fsp3) is 0.133. The van der Waals surface area contributed by atoms with E-state index in [1.807, 2.05) is 0 Å². The Balaban J connectivity index is 2.09. The fourth-order valence-electron chi connectivity index (χ4n) is 1.96. The van der Waals surface area contributed by atoms with Crippen LogP contribution < -0.4 is 5.32 Å². The number of halogens is 3. The van der Waals surface area contributed by atoms with Crippen LogP contribution in [0.4, 0.5) is 18.9 Å². The van der Waals surface area contributed by atoms with E-state index >= 15 is 0 Å². The van der Waals surface area contributed by atoms with Crippen molar-refractivity contribution in [2.75, 3.05) is 0 Å². The molecule has 0 fully saturated rings. The van der Waals surface area contributed by atoms with Gasteiger partial charge in [-0.15, -0.1) is 0 Å². The minimum Gasteiger partial charge on any atom is -0.348 e. The molecule has 120 valence electrons. The standard InChI is InChI=1S/C15H11F3N2O3/c16-15(17,18)13-4-2-1-3-11(13)9-19-14(21)10-5-7-12(8-6-10)20(22)23/h1-8H,9H2,(H,19,21). The summed E-state index contributed by atoms with van der Waals surface area (Å²) < 4.78 is 38.5. The molecule has 1 N–H and O–H groups in total. The number of nitrogens with one attached hydrogen (secondary N) is 1. The minimum atomic E-state index is -4.51. The van der Waals surface area contributed by atoms with Crippen molar-refractivity contribution in [3.8, 4) is 0 Å². The third kappa shape index (κ3) is 4.06. The molecule has 0 spiro atoms. The minimum absolute atomic E-state index is 0.0599. The number of rotatable bonds is 4. The molecule has 23 heavy (non-hydrogen) atoms. The van der Waals surface area contributed by atoms with E-state index in [0.717, 1.165) is 18.2 Å². The highest BCUT2D eigenvalue weighted by Crippen LogP contribution is 2.31. The van der Waals surface area contributed by atoms with E-state index < -0.39 is 22.6 Å². The van der Waals surface area contributed by atoms with Crippen molar-refractivity contribution >= 4 is 11.6 Å². The van der Waals surface area contributed by atoms with Gasteiger partial charge in [-0.25, -0.2) is 0 Å². The van der Waals surface area contributed by atoms with E-state index in [-0.39, 0.29) is 23.4 Å². The van der Waals surface area contributed by atoms with E-state index in [2.05, 4.69) is 5.32 Å². The van der Waals surface area contributed by atoms with Crippen LogP contribution in [-0.4, -0.2) is 10.8 Å². The number of nitrogens with zero attached hydrogens (tertiary/aromatic N) is 1. The van der Waals surface area contributed by atoms with E-state index in [1.165, 1.54) is 30.3 Å². The van der Waals surface area contributed by atoms with Crippen LogP contribution in [0.15, 0.2) is 48.5 Å². The van der Waals surface area contributed by atoms with Gasteiger partial charge in [0, 0.05) is 24.2 Å². The molecule has 0 bridgehead atoms. The topological polar surface area (TPSA) is 72.2 Å². The molecule has 5 nitrogen and oxygen atoms in total. The van der Waals surface area contributed by atoms with E-state index in [0.29, 0.717) is 0 Å². The lowest BCUT2D eigenvalue weighted by Gasteiger charge is -2.13. The molecule has 0 saturated carbocycles. The number of non-ortho nitro benzene ring substituents is 1. The monoisotopic (exact) mass is 324 g/mol. The lowest BCUT2D eigenvalue weighted by Crippen LogP contribution is -2.24. The van der Waals surface area contributed by atoms with Crippen molar-refractivity contribution in [2.45, 2.75) is 12.7 Å². The molecule has 2 aromatic rings. The Kier molecular flexibility index (Phi) is 4.63. The van der Waals surface area contributed by atoms with Crippen LogP contribution in [0.5, 0.6) is 0 Å². The van der Waals surface area contributed by atoms with Gasteiger partial charge >= 0.3 is 6.18 Å². The smallest absolute Gasteiger partial charge is 0.348 e. The summed E-state index contributed by atoms with van der Waals surface area (Å²) in [4.78, 5) is 21.8. The van der Waals surface area contributed by atoms with Gasteiger partial charge in [0.05, 0.1) is 10.5 Å². The van der Waals surface area contributed by atoms with Crippen molar-refractivity contribution in [1.82, 2.24) is 5.32 Å². The van der Waals surface area contributed by atoms with Crippen LogP contribution in [0, 0.1) is 10.1 Å². The van der Waals surface area contributed by atoms with Gasteiger partial charge in [-0.2, -0.15) is 13.2 Å². The van der Waals surface area contributed by atoms with Gasteiger partial charge < -0.3 is 5.32 Å². The predicted octanol–water partition coefficient (Wildman–Crippen LogP) is 3.54. The first-order valence-corrected chi connectivity index (χ1v) is 6.47. The zero-order chi connectivity index (χ0) is 17.0. The molecule has 0 aliphatic rings. The van der Waals surface area contributed by atoms with Gasteiger partial charge in [0.2, 0.25) is 0 Å². The first-order valence-electron chi connectivity index (χ1n) is 6.47. The van der Waals surface area contributed by atoms with Crippen LogP contribution in [0.2, 0.25) is 0 Å². The normalized spacial score (nSPS) is 11.1. The van der Waals surface area contributed by atoms with Crippen LogP contribution in [0.25, 0.3) is 0 Å². The second kappa shape index (κ2) is 6.47. The highest BCUT2D eigenvalue weighted by molar-refractivity contribution is 5.94. The Morgan fingerprint density at radius 3 is 2.26 bits per heavy atom. The molecule has 0 aliphatic carbocycles. The Bertz CT molecular complexity index is 727. The molecule has 2 rings (SSSR count). The summed E-state index contributed by atoms with van der Waals surface area (Å²) in [5.74, 6) is -0.614. The maximum Gasteiger partial charge on any atom is 0.416 e. The number of carbonyl (C=O) groups excluding carboxylic acids is 1. The van der Waals surface area contributed by atoms with Crippen LogP contribution in [0.3, 0.4) is 0 Å². The average Bonchev–Trinajstić information content (AvgIpc) is 2.52. The van der Waals surface area contributed by atoms with Crippen LogP contribution in [0.1, 0.15) is 21.5 Å². The van der Waals surface area contributed by atoms with Crippen molar-refractivity contribution in [3.63, 3.8) is 0 Å². The quantitative estimate of drug-likeness (QED) is 0.690. The molecule has 8 heteroatoms. The summed E-state index contributed by atoms with van der Waals surface area (Å²) in [5, 5.41) is 12.9. The molecule has 0 heterocycles. The SMILES string of the molecule is O=C(NCc1ccccc1C(F)(F)F)c1ccc([N+](=O)[O-])cc1. The van der Waals surface area contributed by atoms with Gasteiger partial charge in [0.1, 0.15) is 0 Å². The van der Waals surface area contributed by atoms with Crippen molar-refractivity contribution < 1.29 is 22.9 Å². The lowest BCUT2D eigenvalue weighted by molar-refractivity contribution is -0.384. The number of alkyl halides is 3. The average molecular weight is 324 g/mol. The van der Waals surface area contributed by atoms with E-state index in [4.69, 9.17) is 0 Å². The van der Waals surface area contributed by atoms with Gasteiger partial charge in [0.25, 0.3) is 11.6 Å². The van der Waals surface area contributed by atoms with Gasteiger partial charge in [-0.3, -0.25) is 14.9 Å². The molecule has 0 atom stereocenters. The number of nitro groups is 1. The molecule has 0 radical (unpaired) electrons. The van der Waals surface area contributed by atoms with Crippen LogP contribution in [-0.2, 0) is 12.7 Å². The Morgan fingerprint density at radius 2 is 1.70 bits per heavy atom. The summed E-state index contributed by atoms with van der Waals surface area (Å²) in [6.45, 7) is -0.300. The maximum atomic E-state index is 12.8. The summed E-state index contributed by atoms with van der Waals surface area (Å²) in [6, 6.07) is 9.71. The summed E-state index contributed by atoms with van der Waals surface area (Å²) in [5.41, 5.74) is -0.927. The maximum absolute atomic E-state index is 12.8. The van der Waals surface area contributed by atoms with E-state index in [1.54, 1.807) is 0 Å². The number of amides is 1. The Morgan fingerprint density at radius 1 is 1.09 bits per heavy atom. The molecule has 0 aliphatic heterocycles. The second-order valence-corrected chi connectivity index (χ2v) is 4.64. The number of nitro benzene ring substituents is 1. The zero-order valence-corrected chi connectivity index (χ0v) is 11.6. The third-order valence-corrected chi connectivity index (χ3v) is 3.10. The number of hydrogen-bond acceptors (Lipinski definition) is 3. The predicted molar refractivity (Wildman–Crippen MR) is 75.7 cm³/mol. The highest BCUT2D eigenvalue weighted by Gasteiger charge is 2.32. The summed E-state index contributed by atoms with van der Waals surface area (Å²) >= 11 is 0. The van der Waals surface area contributed by atoms with Gasteiger partial charge in [-0.1, -0.05) is 18.2 Å². The summed E-state index contributed by atoms with van der Waals surface area (Å²) in [7, 11) is 0. The molecule has 0 aromatic heterocycles. The molecular weight excluding hydrogens is 313 g/mol. The third-order valence-electron chi connectivity index (χ3n) is 3.10. The molecule has 2 aromatic carbocycles. The molecule has 1 amide bonds. The van der Waals surface area contributed by atoms with Gasteiger partial charge in [-0.05, 0) is 23.8 Å². The van der Waals surface area contributed by atoms with Crippen molar-refractivity contribution in [2.24, 2.45) is 0 Å². The fourth-order valence-corrected chi connectivity index (χ4v) is 1.96. The Hall–Kier alpha value is -2.90. The number of carbonyl (C=O) groups is 1. The lowest BCUT2D eigenvalue weighted by atomic mass is 10.1. The van der Waals surface area contributed by atoms with Crippen molar-refractivity contribution in [1.29, 1.82) is 0 Å². The zero-order valence-electron chi connectivity index (χ0n) is 11.6.